The lowest BCUT2D eigenvalue weighted by atomic mass is 9.99. The zero-order valence-electron chi connectivity index (χ0n) is 24.8. The van der Waals surface area contributed by atoms with Crippen molar-refractivity contribution < 1.29 is 42.5 Å². The first-order valence-electron chi connectivity index (χ1n) is 14.7. The number of aliphatic hydroxyl groups excluding tert-OH is 1. The van der Waals surface area contributed by atoms with Crippen LogP contribution in [0.1, 0.15) is 58.3 Å². The van der Waals surface area contributed by atoms with E-state index in [0.717, 1.165) is 25.7 Å². The van der Waals surface area contributed by atoms with E-state index in [0.29, 0.717) is 5.52 Å². The molecule has 0 spiro atoms. The Hall–Kier alpha value is -3.13. The van der Waals surface area contributed by atoms with Gasteiger partial charge in [-0.05, 0) is 49.9 Å². The number of para-hydroxylation sites is 1. The van der Waals surface area contributed by atoms with Gasteiger partial charge in [0.25, 0.3) is 0 Å². The van der Waals surface area contributed by atoms with Crippen LogP contribution in [0.5, 0.6) is 5.75 Å². The topological polar surface area (TPSA) is 180 Å². The number of aliphatic hydroxyl groups is 2. The summed E-state index contributed by atoms with van der Waals surface area (Å²) < 4.78 is 53.2. The lowest BCUT2D eigenvalue weighted by Gasteiger charge is -2.27. The van der Waals surface area contributed by atoms with Crippen molar-refractivity contribution in [2.75, 3.05) is 19.0 Å². The number of nitrogens with zero attached hydrogens (tertiary/aromatic N) is 3. The maximum Gasteiger partial charge on any atom is 0.459 e. The standard InChI is InChI=1S/C29H39FN5O8P/c1-4-9-19(10-5-2)15-40-26(37)18(3)34-44(39,42-20-11-7-6-8-12-20)43-27-28(16-30)29(27,38)24(36)23(41-28)21-13-14-22-25(31)32-17-33-35(21)22/h6-8,11-14,17-19,23-24,27,36,38H,4-5,9-10,15-16H2,1-3H3,(H,34,39)(H2,31,32,33)/t18-,23-,24-,27?,28+,29+,44?/m0/s1. The number of rotatable bonds is 15. The fourth-order valence-corrected chi connectivity index (χ4v) is 7.67. The summed E-state index contributed by atoms with van der Waals surface area (Å²) in [6.07, 6.45) is 0.320. The normalized spacial score (nSPS) is 28.0. The lowest BCUT2D eigenvalue weighted by molar-refractivity contribution is -0.147. The van der Waals surface area contributed by atoms with E-state index in [2.05, 4.69) is 29.0 Å². The van der Waals surface area contributed by atoms with E-state index >= 15 is 0 Å². The highest BCUT2D eigenvalue weighted by atomic mass is 31.2. The Morgan fingerprint density at radius 1 is 1.23 bits per heavy atom. The Bertz CT molecular complexity index is 1500. The number of halogens is 1. The van der Waals surface area contributed by atoms with E-state index in [9.17, 15) is 24.0 Å². The van der Waals surface area contributed by atoms with Gasteiger partial charge < -0.3 is 29.9 Å². The molecule has 0 amide bonds. The molecule has 0 radical (unpaired) electrons. The summed E-state index contributed by atoms with van der Waals surface area (Å²) in [6, 6.07) is 10.0. The minimum atomic E-state index is -4.53. The van der Waals surface area contributed by atoms with Crippen molar-refractivity contribution in [1.82, 2.24) is 19.7 Å². The molecule has 2 aromatic heterocycles. The van der Waals surface area contributed by atoms with Crippen molar-refractivity contribution in [2.45, 2.75) is 82.0 Å². The average Bonchev–Trinajstić information content (AvgIpc) is 3.25. The molecule has 3 aromatic rings. The monoisotopic (exact) mass is 635 g/mol. The zero-order valence-corrected chi connectivity index (χ0v) is 25.7. The Labute approximate surface area is 254 Å². The van der Waals surface area contributed by atoms with E-state index in [1.807, 2.05) is 0 Å². The molecule has 2 fully saturated rings. The molecule has 0 bridgehead atoms. The SMILES string of the molecule is CCCC(CCC)COC(=O)[C@H](C)NP(=O)(Oc1ccccc1)OC1[C@@]2(CF)O[C@@H](c3ccc4c(N)ncnn34)[C@H](O)[C@@]12O. The van der Waals surface area contributed by atoms with Crippen molar-refractivity contribution >= 4 is 25.1 Å². The molecule has 44 heavy (non-hydrogen) atoms. The van der Waals surface area contributed by atoms with Crippen LogP contribution in [0, 0.1) is 5.92 Å². The molecule has 5 N–H and O–H groups in total. The lowest BCUT2D eigenvalue weighted by Crippen LogP contribution is -2.38. The minimum Gasteiger partial charge on any atom is -0.464 e. The fraction of sp³-hybridized carbons (Fsp3) is 0.552. The summed E-state index contributed by atoms with van der Waals surface area (Å²) in [7, 11) is -4.53. The molecule has 1 saturated carbocycles. The first-order valence-corrected chi connectivity index (χ1v) is 16.3. The summed E-state index contributed by atoms with van der Waals surface area (Å²) in [5.41, 5.74) is 2.21. The number of carbonyl (C=O) groups excluding carboxylic acids is 1. The van der Waals surface area contributed by atoms with Gasteiger partial charge in [0.05, 0.1) is 12.3 Å². The number of carbonyl (C=O) groups is 1. The van der Waals surface area contributed by atoms with Gasteiger partial charge in [0.15, 0.2) is 17.0 Å². The first-order chi connectivity index (χ1) is 21.0. The molecule has 7 atom stereocenters. The third-order valence-corrected chi connectivity index (χ3v) is 9.91. The van der Waals surface area contributed by atoms with Crippen LogP contribution in [0.15, 0.2) is 48.8 Å². The number of nitrogens with two attached hydrogens (primary N) is 1. The quantitative estimate of drug-likeness (QED) is 0.141. The van der Waals surface area contributed by atoms with E-state index < -0.39 is 55.9 Å². The molecule has 1 aromatic carbocycles. The highest BCUT2D eigenvalue weighted by molar-refractivity contribution is 7.52. The van der Waals surface area contributed by atoms with E-state index in [1.54, 1.807) is 30.3 Å². The van der Waals surface area contributed by atoms with Crippen LogP contribution < -0.4 is 15.3 Å². The van der Waals surface area contributed by atoms with E-state index in [-0.39, 0.29) is 29.8 Å². The second-order valence-corrected chi connectivity index (χ2v) is 13.0. The maximum absolute atomic E-state index is 14.7. The van der Waals surface area contributed by atoms with Crippen LogP contribution in [0.2, 0.25) is 0 Å². The van der Waals surface area contributed by atoms with Crippen molar-refractivity contribution in [1.29, 1.82) is 0 Å². The number of hydrogen-bond donors (Lipinski definition) is 4. The van der Waals surface area contributed by atoms with Gasteiger partial charge >= 0.3 is 13.7 Å². The molecular weight excluding hydrogens is 596 g/mol. The largest absolute Gasteiger partial charge is 0.464 e. The van der Waals surface area contributed by atoms with Gasteiger partial charge in [0.1, 0.15) is 48.6 Å². The van der Waals surface area contributed by atoms with Crippen LogP contribution in [-0.2, 0) is 23.4 Å². The highest BCUT2D eigenvalue weighted by Gasteiger charge is 2.89. The number of esters is 1. The summed E-state index contributed by atoms with van der Waals surface area (Å²) in [5, 5.41) is 29.5. The van der Waals surface area contributed by atoms with Crippen molar-refractivity contribution in [3.8, 4) is 5.75 Å². The first kappa shape index (κ1) is 32.3. The molecule has 240 valence electrons. The Balaban J connectivity index is 1.35. The molecule has 13 nitrogen and oxygen atoms in total. The van der Waals surface area contributed by atoms with Crippen LogP contribution in [0.3, 0.4) is 0 Å². The molecule has 2 aliphatic rings. The Kier molecular flexibility index (Phi) is 9.31. The average molecular weight is 636 g/mol. The van der Waals surface area contributed by atoms with Crippen LogP contribution >= 0.6 is 7.75 Å². The fourth-order valence-electron chi connectivity index (χ4n) is 5.93. The number of fused-ring (bicyclic) bond motifs is 2. The molecule has 15 heteroatoms. The number of alkyl halides is 1. The summed E-state index contributed by atoms with van der Waals surface area (Å²) in [4.78, 5) is 16.8. The number of hydrogen-bond acceptors (Lipinski definition) is 11. The number of aromatic nitrogens is 3. The summed E-state index contributed by atoms with van der Waals surface area (Å²) >= 11 is 0. The van der Waals surface area contributed by atoms with Gasteiger partial charge in [0, 0.05) is 0 Å². The predicted molar refractivity (Wildman–Crippen MR) is 157 cm³/mol. The van der Waals surface area contributed by atoms with Gasteiger partial charge in [-0.3, -0.25) is 9.32 Å². The predicted octanol–water partition coefficient (Wildman–Crippen LogP) is 3.51. The van der Waals surface area contributed by atoms with E-state index in [4.69, 9.17) is 24.3 Å². The molecular formula is C29H39FN5O8P. The molecule has 2 unspecified atom stereocenters. The van der Waals surface area contributed by atoms with Gasteiger partial charge in [0.2, 0.25) is 0 Å². The van der Waals surface area contributed by atoms with Gasteiger partial charge in [-0.25, -0.2) is 18.5 Å². The number of anilines is 1. The molecule has 1 aliphatic carbocycles. The number of ether oxygens (including phenoxy) is 2. The zero-order chi connectivity index (χ0) is 31.7. The smallest absolute Gasteiger partial charge is 0.459 e. The molecule has 3 heterocycles. The number of nitrogens with one attached hydrogen (secondary N) is 1. The summed E-state index contributed by atoms with van der Waals surface area (Å²) in [6.45, 7) is 4.46. The van der Waals surface area contributed by atoms with Crippen molar-refractivity contribution in [2.24, 2.45) is 5.92 Å². The van der Waals surface area contributed by atoms with Crippen molar-refractivity contribution in [3.63, 3.8) is 0 Å². The van der Waals surface area contributed by atoms with Gasteiger partial charge in [-0.1, -0.05) is 44.9 Å². The molecule has 1 saturated heterocycles. The third-order valence-electron chi connectivity index (χ3n) is 8.27. The van der Waals surface area contributed by atoms with Crippen LogP contribution in [-0.4, -0.2) is 73.5 Å². The Morgan fingerprint density at radius 2 is 1.93 bits per heavy atom. The third kappa shape index (κ3) is 5.70. The number of benzene rings is 1. The van der Waals surface area contributed by atoms with Crippen LogP contribution in [0.25, 0.3) is 5.52 Å². The number of nitrogen functional groups attached to an aromatic ring is 1. The van der Waals surface area contributed by atoms with E-state index in [1.165, 1.54) is 29.9 Å². The van der Waals surface area contributed by atoms with Crippen LogP contribution in [0.4, 0.5) is 10.2 Å². The maximum atomic E-state index is 14.7. The molecule has 1 aliphatic heterocycles. The Morgan fingerprint density at radius 3 is 2.57 bits per heavy atom. The summed E-state index contributed by atoms with van der Waals surface area (Å²) in [5.74, 6) is -0.192. The van der Waals surface area contributed by atoms with Crippen molar-refractivity contribution in [3.05, 3.63) is 54.5 Å². The minimum absolute atomic E-state index is 0.123. The van der Waals surface area contributed by atoms with Gasteiger partial charge in [-0.15, -0.1) is 0 Å². The second-order valence-electron chi connectivity index (χ2n) is 11.3. The van der Waals surface area contributed by atoms with Gasteiger partial charge in [-0.2, -0.15) is 10.2 Å². The second kappa shape index (κ2) is 12.7. The molecule has 5 rings (SSSR count). The highest BCUT2D eigenvalue weighted by Crippen LogP contribution is 2.68.